The van der Waals surface area contributed by atoms with Crippen molar-refractivity contribution >= 4 is 27.5 Å². The van der Waals surface area contributed by atoms with E-state index in [1.165, 1.54) is 12.1 Å². The highest BCUT2D eigenvalue weighted by molar-refractivity contribution is 9.10. The summed E-state index contributed by atoms with van der Waals surface area (Å²) in [6, 6.07) is 5.71. The fourth-order valence-electron chi connectivity index (χ4n) is 1.88. The van der Waals surface area contributed by atoms with Crippen LogP contribution in [0.3, 0.4) is 0 Å². The molecule has 0 saturated heterocycles. The van der Waals surface area contributed by atoms with Gasteiger partial charge in [0.25, 0.3) is 0 Å². The van der Waals surface area contributed by atoms with Crippen LogP contribution in [0.2, 0.25) is 5.02 Å². The van der Waals surface area contributed by atoms with E-state index in [0.717, 1.165) is 24.3 Å². The van der Waals surface area contributed by atoms with Crippen molar-refractivity contribution in [1.82, 2.24) is 0 Å². The van der Waals surface area contributed by atoms with Crippen LogP contribution in [-0.2, 0) is 6.18 Å². The molecular weight excluding hydrogens is 374 g/mol. The molecule has 1 unspecified atom stereocenters. The third-order valence-corrected chi connectivity index (χ3v) is 4.02. The van der Waals surface area contributed by atoms with E-state index >= 15 is 0 Å². The molecule has 0 amide bonds. The highest BCUT2D eigenvalue weighted by atomic mass is 79.9. The summed E-state index contributed by atoms with van der Waals surface area (Å²) in [7, 11) is 0. The Labute approximate surface area is 131 Å². The van der Waals surface area contributed by atoms with E-state index in [1.54, 1.807) is 0 Å². The van der Waals surface area contributed by atoms with Gasteiger partial charge in [0.1, 0.15) is 5.82 Å². The van der Waals surface area contributed by atoms with Gasteiger partial charge in [0.2, 0.25) is 0 Å². The third-order valence-electron chi connectivity index (χ3n) is 2.95. The van der Waals surface area contributed by atoms with Gasteiger partial charge in [0, 0.05) is 9.50 Å². The van der Waals surface area contributed by atoms with E-state index in [-0.39, 0.29) is 16.1 Å². The predicted octanol–water partition coefficient (Wildman–Crippen LogP) is 5.31. The molecule has 0 aliphatic carbocycles. The molecule has 7 heteroatoms. The summed E-state index contributed by atoms with van der Waals surface area (Å²) >= 11 is 9.09. The van der Waals surface area contributed by atoms with E-state index in [4.69, 9.17) is 17.3 Å². The minimum Gasteiger partial charge on any atom is -0.320 e. The van der Waals surface area contributed by atoms with E-state index < -0.39 is 23.6 Å². The topological polar surface area (TPSA) is 26.0 Å². The molecule has 112 valence electrons. The smallest absolute Gasteiger partial charge is 0.320 e. The summed E-state index contributed by atoms with van der Waals surface area (Å²) in [4.78, 5) is 0. The van der Waals surface area contributed by atoms with Crippen LogP contribution in [0.15, 0.2) is 40.9 Å². The maximum atomic E-state index is 13.3. The lowest BCUT2D eigenvalue weighted by atomic mass is 9.97. The molecule has 2 aromatic rings. The molecule has 2 N–H and O–H groups in total. The maximum Gasteiger partial charge on any atom is 0.416 e. The number of rotatable bonds is 2. The minimum absolute atomic E-state index is 0.178. The summed E-state index contributed by atoms with van der Waals surface area (Å²) in [6.07, 6.45) is -4.49. The summed E-state index contributed by atoms with van der Waals surface area (Å²) in [6.45, 7) is 0. The van der Waals surface area contributed by atoms with E-state index in [9.17, 15) is 17.6 Å². The van der Waals surface area contributed by atoms with Gasteiger partial charge >= 0.3 is 6.18 Å². The zero-order valence-corrected chi connectivity index (χ0v) is 12.7. The molecule has 0 radical (unpaired) electrons. The quantitative estimate of drug-likeness (QED) is 0.700. The van der Waals surface area contributed by atoms with Crippen LogP contribution in [0, 0.1) is 5.82 Å². The van der Waals surface area contributed by atoms with Crippen molar-refractivity contribution in [3.63, 3.8) is 0 Å². The molecule has 21 heavy (non-hydrogen) atoms. The van der Waals surface area contributed by atoms with Crippen molar-refractivity contribution in [2.45, 2.75) is 12.2 Å². The molecule has 0 bridgehead atoms. The monoisotopic (exact) mass is 381 g/mol. The standard InChI is InChI=1S/C14H9BrClF4N/c15-11-3-1-7(14(18,19)20)5-9(11)13(21)10-6-8(17)2-4-12(10)16/h1-6,13H,21H2. The van der Waals surface area contributed by atoms with Crippen LogP contribution in [0.1, 0.15) is 22.7 Å². The second kappa shape index (κ2) is 5.94. The Hall–Kier alpha value is -1.11. The van der Waals surface area contributed by atoms with Gasteiger partial charge in [-0.15, -0.1) is 0 Å². The van der Waals surface area contributed by atoms with Crippen LogP contribution in [0.4, 0.5) is 17.6 Å². The van der Waals surface area contributed by atoms with Crippen LogP contribution in [0.25, 0.3) is 0 Å². The molecule has 0 aliphatic rings. The first-order chi connectivity index (χ1) is 9.70. The highest BCUT2D eigenvalue weighted by Gasteiger charge is 2.31. The molecule has 0 fully saturated rings. The lowest BCUT2D eigenvalue weighted by Gasteiger charge is -2.18. The number of nitrogens with two attached hydrogens (primary N) is 1. The van der Waals surface area contributed by atoms with Gasteiger partial charge < -0.3 is 5.73 Å². The first-order valence-electron chi connectivity index (χ1n) is 5.77. The van der Waals surface area contributed by atoms with E-state index in [1.807, 2.05) is 0 Å². The zero-order valence-electron chi connectivity index (χ0n) is 10.4. The van der Waals surface area contributed by atoms with Crippen LogP contribution in [0.5, 0.6) is 0 Å². The number of halogens is 6. The van der Waals surface area contributed by atoms with Gasteiger partial charge in [-0.25, -0.2) is 4.39 Å². The van der Waals surface area contributed by atoms with Crippen molar-refractivity contribution < 1.29 is 17.6 Å². The van der Waals surface area contributed by atoms with Crippen molar-refractivity contribution in [2.75, 3.05) is 0 Å². The molecule has 2 rings (SSSR count). The Balaban J connectivity index is 2.52. The molecule has 0 aliphatic heterocycles. The molecule has 1 nitrogen and oxygen atoms in total. The number of benzene rings is 2. The Morgan fingerprint density at radius 2 is 1.71 bits per heavy atom. The summed E-state index contributed by atoms with van der Waals surface area (Å²) in [5.74, 6) is -0.562. The normalized spacial score (nSPS) is 13.3. The Morgan fingerprint density at radius 3 is 2.33 bits per heavy atom. The van der Waals surface area contributed by atoms with Crippen LogP contribution in [-0.4, -0.2) is 0 Å². The van der Waals surface area contributed by atoms with E-state index in [0.29, 0.717) is 4.47 Å². The van der Waals surface area contributed by atoms with Crippen molar-refractivity contribution in [1.29, 1.82) is 0 Å². The second-order valence-electron chi connectivity index (χ2n) is 4.38. The third kappa shape index (κ3) is 3.56. The fourth-order valence-corrected chi connectivity index (χ4v) is 2.61. The van der Waals surface area contributed by atoms with Crippen LogP contribution >= 0.6 is 27.5 Å². The van der Waals surface area contributed by atoms with Gasteiger partial charge in [0.15, 0.2) is 0 Å². The van der Waals surface area contributed by atoms with Crippen LogP contribution < -0.4 is 5.73 Å². The largest absolute Gasteiger partial charge is 0.416 e. The van der Waals surface area contributed by atoms with Gasteiger partial charge in [0.05, 0.1) is 11.6 Å². The summed E-state index contributed by atoms with van der Waals surface area (Å²) < 4.78 is 52.0. The molecule has 2 aromatic carbocycles. The molecule has 0 heterocycles. The highest BCUT2D eigenvalue weighted by Crippen LogP contribution is 2.36. The molecule has 1 atom stereocenters. The average Bonchev–Trinajstić information content (AvgIpc) is 2.40. The number of alkyl halides is 3. The van der Waals surface area contributed by atoms with Gasteiger partial charge in [-0.05, 0) is 47.5 Å². The fraction of sp³-hybridized carbons (Fsp3) is 0.143. The summed E-state index contributed by atoms with van der Waals surface area (Å²) in [5, 5.41) is 0.188. The van der Waals surface area contributed by atoms with Gasteiger partial charge in [-0.2, -0.15) is 13.2 Å². The Bertz CT molecular complexity index is 673. The molecular formula is C14H9BrClF4N. The van der Waals surface area contributed by atoms with Gasteiger partial charge in [-0.1, -0.05) is 27.5 Å². The molecule has 0 spiro atoms. The first-order valence-corrected chi connectivity index (χ1v) is 6.94. The first kappa shape index (κ1) is 16.3. The van der Waals surface area contributed by atoms with Crippen molar-refractivity contribution in [3.8, 4) is 0 Å². The Morgan fingerprint density at radius 1 is 1.05 bits per heavy atom. The zero-order chi connectivity index (χ0) is 15.8. The van der Waals surface area contributed by atoms with Crippen molar-refractivity contribution in [3.05, 3.63) is 68.4 Å². The molecule has 0 aromatic heterocycles. The Kier molecular flexibility index (Phi) is 4.60. The summed E-state index contributed by atoms with van der Waals surface area (Å²) in [5.41, 5.74) is 5.52. The molecule has 0 saturated carbocycles. The van der Waals surface area contributed by atoms with E-state index in [2.05, 4.69) is 15.9 Å². The lowest BCUT2D eigenvalue weighted by molar-refractivity contribution is -0.137. The lowest BCUT2D eigenvalue weighted by Crippen LogP contribution is -2.15. The number of hydrogen-bond acceptors (Lipinski definition) is 1. The number of hydrogen-bond donors (Lipinski definition) is 1. The van der Waals surface area contributed by atoms with Crippen molar-refractivity contribution in [2.24, 2.45) is 5.73 Å². The maximum absolute atomic E-state index is 13.3. The average molecular weight is 383 g/mol. The minimum atomic E-state index is -4.49. The predicted molar refractivity (Wildman–Crippen MR) is 76.6 cm³/mol. The second-order valence-corrected chi connectivity index (χ2v) is 5.64. The SMILES string of the molecule is NC(c1cc(F)ccc1Cl)c1cc(C(F)(F)F)ccc1Br. The van der Waals surface area contributed by atoms with Gasteiger partial charge in [-0.3, -0.25) is 0 Å².